The van der Waals surface area contributed by atoms with Crippen LogP contribution in [0.5, 0.6) is 0 Å². The van der Waals surface area contributed by atoms with Crippen molar-refractivity contribution in [2.24, 2.45) is 0 Å². The van der Waals surface area contributed by atoms with E-state index in [9.17, 15) is 18.0 Å². The fourth-order valence-electron chi connectivity index (χ4n) is 3.80. The van der Waals surface area contributed by atoms with Crippen molar-refractivity contribution in [3.63, 3.8) is 0 Å². The summed E-state index contributed by atoms with van der Waals surface area (Å²) in [5.74, 6) is 0.308. The molecule has 0 atom stereocenters. The normalized spacial score (nSPS) is 11.8. The molecule has 2 aromatic heterocycles. The Labute approximate surface area is 192 Å². The Bertz CT molecular complexity index is 1530. The summed E-state index contributed by atoms with van der Waals surface area (Å²) in [6, 6.07) is 19.3. The Morgan fingerprint density at radius 1 is 0.912 bits per heavy atom. The number of alkyl halides is 3. The number of aromatic nitrogens is 3. The van der Waals surface area contributed by atoms with Gasteiger partial charge in [0.15, 0.2) is 0 Å². The third-order valence-corrected chi connectivity index (χ3v) is 5.67. The van der Waals surface area contributed by atoms with E-state index >= 15 is 0 Å². The Morgan fingerprint density at radius 3 is 2.24 bits per heavy atom. The van der Waals surface area contributed by atoms with Gasteiger partial charge < -0.3 is 4.52 Å². The Hall–Kier alpha value is -4.20. The summed E-state index contributed by atoms with van der Waals surface area (Å²) in [5.41, 5.74) is 1.82. The first kappa shape index (κ1) is 21.6. The minimum absolute atomic E-state index is 0.151. The van der Waals surface area contributed by atoms with Gasteiger partial charge in [0.25, 0.3) is 11.4 Å². The van der Waals surface area contributed by atoms with Gasteiger partial charge in [0.05, 0.1) is 11.1 Å². The van der Waals surface area contributed by atoms with E-state index < -0.39 is 11.7 Å². The van der Waals surface area contributed by atoms with Crippen LogP contribution < -0.4 is 5.56 Å². The summed E-state index contributed by atoms with van der Waals surface area (Å²) in [6.07, 6.45) is -1.90. The molecule has 3 aromatic carbocycles. The fraction of sp³-hybridized carbons (Fsp3) is 0.115. The molecule has 0 aliphatic rings. The monoisotopic (exact) mass is 461 g/mol. The van der Waals surface area contributed by atoms with Crippen molar-refractivity contribution >= 4 is 10.8 Å². The molecular weight excluding hydrogens is 443 g/mol. The van der Waals surface area contributed by atoms with E-state index in [4.69, 9.17) is 4.52 Å². The second-order valence-corrected chi connectivity index (χ2v) is 7.78. The van der Waals surface area contributed by atoms with Crippen molar-refractivity contribution in [1.29, 1.82) is 0 Å². The lowest BCUT2D eigenvalue weighted by atomic mass is 10.1. The van der Waals surface area contributed by atoms with Crippen molar-refractivity contribution in [3.05, 3.63) is 100 Å². The number of halogens is 3. The molecule has 0 aliphatic carbocycles. The summed E-state index contributed by atoms with van der Waals surface area (Å²) in [5, 5.41) is 5.07. The standard InChI is InChI=1S/C26H18F3N3O2/c1-2-16-7-13-19(14-8-16)32-15-22(20-5-3-4-6-21(20)25(32)33)24-30-23(31-34-24)17-9-11-18(12-10-17)26(27,28)29/h3-15H,2H2,1H3. The second kappa shape index (κ2) is 8.30. The zero-order chi connectivity index (χ0) is 23.9. The molecule has 0 unspecified atom stereocenters. The van der Waals surface area contributed by atoms with Crippen LogP contribution in [0.25, 0.3) is 39.3 Å². The van der Waals surface area contributed by atoms with Crippen LogP contribution in [0.3, 0.4) is 0 Å². The predicted octanol–water partition coefficient (Wildman–Crippen LogP) is 6.29. The molecule has 5 rings (SSSR count). The van der Waals surface area contributed by atoms with Gasteiger partial charge in [-0.1, -0.05) is 54.5 Å². The fourth-order valence-corrected chi connectivity index (χ4v) is 3.80. The van der Waals surface area contributed by atoms with Gasteiger partial charge in [0.2, 0.25) is 5.82 Å². The van der Waals surface area contributed by atoms with Crippen molar-refractivity contribution in [2.45, 2.75) is 19.5 Å². The summed E-state index contributed by atoms with van der Waals surface area (Å²) >= 11 is 0. The molecule has 0 aliphatic heterocycles. The number of hydrogen-bond donors (Lipinski definition) is 0. The van der Waals surface area contributed by atoms with Crippen LogP contribution in [-0.4, -0.2) is 14.7 Å². The van der Waals surface area contributed by atoms with Gasteiger partial charge in [-0.3, -0.25) is 9.36 Å². The van der Waals surface area contributed by atoms with Crippen LogP contribution in [0, 0.1) is 0 Å². The molecule has 8 heteroatoms. The zero-order valence-corrected chi connectivity index (χ0v) is 18.0. The molecule has 0 fully saturated rings. The molecule has 170 valence electrons. The maximum atomic E-state index is 13.2. The molecule has 0 amide bonds. The van der Waals surface area contributed by atoms with Gasteiger partial charge in [0, 0.05) is 28.2 Å². The molecule has 0 bridgehead atoms. The average Bonchev–Trinajstić information content (AvgIpc) is 3.34. The molecule has 0 spiro atoms. The Morgan fingerprint density at radius 2 is 1.59 bits per heavy atom. The Balaban J connectivity index is 1.62. The highest BCUT2D eigenvalue weighted by Gasteiger charge is 2.30. The van der Waals surface area contributed by atoms with Gasteiger partial charge in [-0.15, -0.1) is 0 Å². The quantitative estimate of drug-likeness (QED) is 0.316. The Kier molecular flexibility index (Phi) is 5.28. The molecule has 0 saturated heterocycles. The molecule has 0 saturated carbocycles. The van der Waals surface area contributed by atoms with Gasteiger partial charge in [0.1, 0.15) is 0 Å². The first-order chi connectivity index (χ1) is 16.3. The maximum Gasteiger partial charge on any atom is 0.416 e. The van der Waals surface area contributed by atoms with E-state index in [1.807, 2.05) is 24.3 Å². The van der Waals surface area contributed by atoms with Crippen LogP contribution >= 0.6 is 0 Å². The topological polar surface area (TPSA) is 60.9 Å². The number of fused-ring (bicyclic) bond motifs is 1. The third-order valence-electron chi connectivity index (χ3n) is 5.67. The second-order valence-electron chi connectivity index (χ2n) is 7.78. The van der Waals surface area contributed by atoms with Crippen LogP contribution in [0.2, 0.25) is 0 Å². The van der Waals surface area contributed by atoms with Crippen molar-refractivity contribution in [1.82, 2.24) is 14.7 Å². The lowest BCUT2D eigenvalue weighted by molar-refractivity contribution is -0.137. The van der Waals surface area contributed by atoms with E-state index in [0.717, 1.165) is 24.1 Å². The summed E-state index contributed by atoms with van der Waals surface area (Å²) < 4.78 is 45.6. The number of benzene rings is 3. The van der Waals surface area contributed by atoms with Crippen LogP contribution in [0.15, 0.2) is 88.3 Å². The lowest BCUT2D eigenvalue weighted by Crippen LogP contribution is -2.18. The highest BCUT2D eigenvalue weighted by Crippen LogP contribution is 2.32. The van der Waals surface area contributed by atoms with Gasteiger partial charge >= 0.3 is 6.18 Å². The predicted molar refractivity (Wildman–Crippen MR) is 123 cm³/mol. The van der Waals surface area contributed by atoms with E-state index in [2.05, 4.69) is 17.1 Å². The molecule has 5 nitrogen and oxygen atoms in total. The minimum atomic E-state index is -4.43. The third kappa shape index (κ3) is 3.87. The van der Waals surface area contributed by atoms with Gasteiger partial charge in [-0.2, -0.15) is 18.2 Å². The molecule has 34 heavy (non-hydrogen) atoms. The van der Waals surface area contributed by atoms with Crippen LogP contribution in [-0.2, 0) is 12.6 Å². The summed E-state index contributed by atoms with van der Waals surface area (Å²) in [7, 11) is 0. The van der Waals surface area contributed by atoms with Crippen LogP contribution in [0.4, 0.5) is 13.2 Å². The molecular formula is C26H18F3N3O2. The first-order valence-corrected chi connectivity index (χ1v) is 10.6. The number of aryl methyl sites for hydroxylation is 1. The number of nitrogens with zero attached hydrogens (tertiary/aromatic N) is 3. The van der Waals surface area contributed by atoms with E-state index in [1.165, 1.54) is 16.7 Å². The highest BCUT2D eigenvalue weighted by molar-refractivity contribution is 5.94. The molecule has 2 heterocycles. The minimum Gasteiger partial charge on any atom is -0.334 e. The maximum absolute atomic E-state index is 13.2. The van der Waals surface area contributed by atoms with Gasteiger partial charge in [-0.05, 0) is 42.3 Å². The van der Waals surface area contributed by atoms with Crippen LogP contribution in [0.1, 0.15) is 18.1 Å². The average molecular weight is 461 g/mol. The lowest BCUT2D eigenvalue weighted by Gasteiger charge is -2.11. The highest BCUT2D eigenvalue weighted by atomic mass is 19.4. The first-order valence-electron chi connectivity index (χ1n) is 10.6. The van der Waals surface area contributed by atoms with E-state index in [0.29, 0.717) is 27.6 Å². The molecule has 0 radical (unpaired) electrons. The van der Waals surface area contributed by atoms with Crippen molar-refractivity contribution in [2.75, 3.05) is 0 Å². The van der Waals surface area contributed by atoms with E-state index in [1.54, 1.807) is 30.5 Å². The summed E-state index contributed by atoms with van der Waals surface area (Å²) in [6.45, 7) is 2.05. The smallest absolute Gasteiger partial charge is 0.334 e. The van der Waals surface area contributed by atoms with E-state index in [-0.39, 0.29) is 17.3 Å². The van der Waals surface area contributed by atoms with Crippen molar-refractivity contribution < 1.29 is 17.7 Å². The number of pyridine rings is 1. The number of rotatable bonds is 4. The number of hydrogen-bond acceptors (Lipinski definition) is 4. The molecule has 0 N–H and O–H groups in total. The largest absolute Gasteiger partial charge is 0.416 e. The molecule has 5 aromatic rings. The SMILES string of the molecule is CCc1ccc(-n2cc(-c3nc(-c4ccc(C(F)(F)F)cc4)no3)c3ccccc3c2=O)cc1. The zero-order valence-electron chi connectivity index (χ0n) is 18.0. The summed E-state index contributed by atoms with van der Waals surface area (Å²) in [4.78, 5) is 17.6. The van der Waals surface area contributed by atoms with Gasteiger partial charge in [-0.25, -0.2) is 0 Å². The van der Waals surface area contributed by atoms with Crippen molar-refractivity contribution in [3.8, 4) is 28.5 Å².